The molecule has 0 aromatic carbocycles. The molecule has 4 rings (SSSR count). The predicted molar refractivity (Wildman–Crippen MR) is 122 cm³/mol. The maximum atomic E-state index is 12.6. The minimum absolute atomic E-state index is 0.266. The van der Waals surface area contributed by atoms with E-state index in [1.165, 1.54) is 18.2 Å². The molecule has 3 aliphatic heterocycles. The number of likely N-dealkylation sites (tertiary alicyclic amines) is 1. The molecule has 168 valence electrons. The highest BCUT2D eigenvalue weighted by Crippen LogP contribution is 2.38. The van der Waals surface area contributed by atoms with E-state index in [1.54, 1.807) is 0 Å². The van der Waals surface area contributed by atoms with Crippen LogP contribution in [0.2, 0.25) is 0 Å². The third kappa shape index (κ3) is 4.84. The fraction of sp³-hybridized carbons (Fsp3) is 0.696. The van der Waals surface area contributed by atoms with Gasteiger partial charge in [0.05, 0.1) is 24.3 Å². The Morgan fingerprint density at radius 3 is 2.48 bits per heavy atom. The number of hydrogen-bond donors (Lipinski definition) is 0. The van der Waals surface area contributed by atoms with Crippen LogP contribution in [0.5, 0.6) is 0 Å². The second kappa shape index (κ2) is 9.35. The zero-order valence-corrected chi connectivity index (χ0v) is 19.8. The number of carbonyl (C=O) groups excluding carboxylic acids is 1. The van der Waals surface area contributed by atoms with Gasteiger partial charge in [-0.15, -0.1) is 11.8 Å². The van der Waals surface area contributed by atoms with Crippen LogP contribution in [0.15, 0.2) is 5.03 Å². The lowest BCUT2D eigenvalue weighted by atomic mass is 9.89. The molecule has 3 aliphatic rings. The summed E-state index contributed by atoms with van der Waals surface area (Å²) in [6.07, 6.45) is 6.20. The zero-order chi connectivity index (χ0) is 22.0. The number of piperazine rings is 1. The second-order valence-electron chi connectivity index (χ2n) is 9.32. The van der Waals surface area contributed by atoms with Crippen molar-refractivity contribution in [1.29, 1.82) is 5.26 Å². The van der Waals surface area contributed by atoms with Crippen molar-refractivity contribution < 1.29 is 9.53 Å². The number of rotatable bonds is 4. The number of amides is 1. The molecule has 31 heavy (non-hydrogen) atoms. The predicted octanol–water partition coefficient (Wildman–Crippen LogP) is 2.66. The van der Waals surface area contributed by atoms with Crippen molar-refractivity contribution >= 4 is 23.5 Å². The lowest BCUT2D eigenvalue weighted by Crippen LogP contribution is -2.51. The summed E-state index contributed by atoms with van der Waals surface area (Å²) in [6, 6.07) is 2.39. The van der Waals surface area contributed by atoms with E-state index >= 15 is 0 Å². The molecular formula is C23H33N5O2S. The molecule has 0 spiro atoms. The Hall–Kier alpha value is -1.82. The Labute approximate surface area is 189 Å². The molecule has 0 N–H and O–H groups in total. The van der Waals surface area contributed by atoms with Gasteiger partial charge in [-0.1, -0.05) is 0 Å². The van der Waals surface area contributed by atoms with Gasteiger partial charge in [0, 0.05) is 51.3 Å². The molecule has 0 atom stereocenters. The van der Waals surface area contributed by atoms with Crippen molar-refractivity contribution in [2.45, 2.75) is 56.8 Å². The number of aromatic nitrogens is 1. The van der Waals surface area contributed by atoms with Crippen LogP contribution in [0.25, 0.3) is 0 Å². The molecule has 0 aliphatic carbocycles. The molecular weight excluding hydrogens is 410 g/mol. The first kappa shape index (κ1) is 22.4. The largest absolute Gasteiger partial charge is 0.370 e. The molecule has 0 bridgehead atoms. The minimum Gasteiger partial charge on any atom is -0.370 e. The molecule has 8 heteroatoms. The smallest absolute Gasteiger partial charge is 0.236 e. The molecule has 1 amide bonds. The van der Waals surface area contributed by atoms with Gasteiger partial charge < -0.3 is 14.5 Å². The van der Waals surface area contributed by atoms with Crippen LogP contribution < -0.4 is 4.90 Å². The van der Waals surface area contributed by atoms with E-state index in [1.807, 2.05) is 11.2 Å². The number of piperidine rings is 1. The van der Waals surface area contributed by atoms with Crippen LogP contribution in [-0.2, 0) is 22.6 Å². The number of ether oxygens (including phenoxy) is 1. The summed E-state index contributed by atoms with van der Waals surface area (Å²) in [6.45, 7) is 10.3. The van der Waals surface area contributed by atoms with E-state index in [4.69, 9.17) is 9.72 Å². The molecule has 0 unspecified atom stereocenters. The molecule has 0 saturated carbocycles. The fourth-order valence-electron chi connectivity index (χ4n) is 4.80. The Kier molecular flexibility index (Phi) is 6.75. The monoisotopic (exact) mass is 443 g/mol. The molecule has 2 saturated heterocycles. The number of pyridine rings is 1. The van der Waals surface area contributed by atoms with Gasteiger partial charge >= 0.3 is 0 Å². The quantitative estimate of drug-likeness (QED) is 0.663. The fourth-order valence-corrected chi connectivity index (χ4v) is 5.35. The van der Waals surface area contributed by atoms with Crippen molar-refractivity contribution in [3.63, 3.8) is 0 Å². The maximum absolute atomic E-state index is 12.6. The van der Waals surface area contributed by atoms with Crippen LogP contribution in [0, 0.1) is 11.3 Å². The van der Waals surface area contributed by atoms with Gasteiger partial charge in [0.15, 0.2) is 0 Å². The van der Waals surface area contributed by atoms with Crippen LogP contribution in [0.4, 0.5) is 5.82 Å². The maximum Gasteiger partial charge on any atom is 0.236 e. The first-order chi connectivity index (χ1) is 14.9. The van der Waals surface area contributed by atoms with Gasteiger partial charge in [-0.05, 0) is 44.9 Å². The third-order valence-corrected chi connectivity index (χ3v) is 7.29. The van der Waals surface area contributed by atoms with Crippen LogP contribution in [-0.4, -0.2) is 78.4 Å². The Morgan fingerprint density at radius 1 is 1.13 bits per heavy atom. The third-order valence-electron chi connectivity index (χ3n) is 6.61. The van der Waals surface area contributed by atoms with Crippen LogP contribution in [0.1, 0.15) is 49.8 Å². The summed E-state index contributed by atoms with van der Waals surface area (Å²) in [5.74, 6) is 1.22. The van der Waals surface area contributed by atoms with Crippen LogP contribution >= 0.6 is 11.8 Å². The number of nitriles is 1. The van der Waals surface area contributed by atoms with Crippen molar-refractivity contribution in [1.82, 2.24) is 14.8 Å². The number of fused-ring (bicyclic) bond motifs is 1. The lowest BCUT2D eigenvalue weighted by Gasteiger charge is -2.39. The summed E-state index contributed by atoms with van der Waals surface area (Å²) >= 11 is 1.53. The molecule has 1 aromatic rings. The highest BCUT2D eigenvalue weighted by molar-refractivity contribution is 7.98. The topological polar surface area (TPSA) is 72.7 Å². The summed E-state index contributed by atoms with van der Waals surface area (Å²) < 4.78 is 6.09. The van der Waals surface area contributed by atoms with E-state index in [0.29, 0.717) is 18.7 Å². The van der Waals surface area contributed by atoms with Gasteiger partial charge in [0.1, 0.15) is 16.9 Å². The summed E-state index contributed by atoms with van der Waals surface area (Å²) in [4.78, 5) is 24.1. The van der Waals surface area contributed by atoms with E-state index in [2.05, 4.69) is 29.7 Å². The van der Waals surface area contributed by atoms with Gasteiger partial charge in [0.2, 0.25) is 5.91 Å². The van der Waals surface area contributed by atoms with E-state index in [9.17, 15) is 10.1 Å². The highest BCUT2D eigenvalue weighted by atomic mass is 32.2. The van der Waals surface area contributed by atoms with Gasteiger partial charge in [-0.2, -0.15) is 5.26 Å². The van der Waals surface area contributed by atoms with Gasteiger partial charge in [-0.25, -0.2) is 4.98 Å². The number of thioether (sulfide) groups is 1. The normalized spacial score (nSPS) is 21.5. The first-order valence-corrected chi connectivity index (χ1v) is 12.5. The van der Waals surface area contributed by atoms with E-state index < -0.39 is 0 Å². The second-order valence-corrected chi connectivity index (χ2v) is 10.1. The molecule has 2 fully saturated rings. The molecule has 4 heterocycles. The van der Waals surface area contributed by atoms with Gasteiger partial charge in [-0.3, -0.25) is 9.69 Å². The SMILES string of the molecule is CSc1nc(N2CCN(CC(=O)N3CCCCC3)CC2)c2c(c1C#N)CC(C)(C)OC2. The average molecular weight is 444 g/mol. The number of hydrogen-bond acceptors (Lipinski definition) is 7. The summed E-state index contributed by atoms with van der Waals surface area (Å²) in [7, 11) is 0. The van der Waals surface area contributed by atoms with Crippen molar-refractivity contribution in [3.05, 3.63) is 16.7 Å². The lowest BCUT2D eigenvalue weighted by molar-refractivity contribution is -0.133. The van der Waals surface area contributed by atoms with Crippen molar-refractivity contribution in [2.24, 2.45) is 0 Å². The van der Waals surface area contributed by atoms with E-state index in [0.717, 1.165) is 80.5 Å². The average Bonchev–Trinajstić information content (AvgIpc) is 2.78. The molecule has 1 aromatic heterocycles. The molecule has 7 nitrogen and oxygen atoms in total. The van der Waals surface area contributed by atoms with E-state index in [-0.39, 0.29) is 11.5 Å². The van der Waals surface area contributed by atoms with Crippen molar-refractivity contribution in [2.75, 3.05) is 57.0 Å². The zero-order valence-electron chi connectivity index (χ0n) is 18.9. The van der Waals surface area contributed by atoms with Gasteiger partial charge in [0.25, 0.3) is 0 Å². The number of nitrogens with zero attached hydrogens (tertiary/aromatic N) is 5. The Balaban J connectivity index is 1.48. The number of anilines is 1. The summed E-state index contributed by atoms with van der Waals surface area (Å²) in [5, 5.41) is 10.6. The number of carbonyl (C=O) groups is 1. The van der Waals surface area contributed by atoms with Crippen molar-refractivity contribution in [3.8, 4) is 6.07 Å². The highest BCUT2D eigenvalue weighted by Gasteiger charge is 2.34. The standard InChI is InChI=1S/C23H33N5O2S/c1-23(2)13-17-18(14-24)22(31-3)25-21(19(17)16-30-23)28-11-9-26(10-12-28)15-20(29)27-7-5-4-6-8-27/h4-13,15-16H2,1-3H3. The Morgan fingerprint density at radius 2 is 1.84 bits per heavy atom. The summed E-state index contributed by atoms with van der Waals surface area (Å²) in [5.41, 5.74) is 2.58. The molecule has 0 radical (unpaired) electrons. The Bertz CT molecular complexity index is 868. The van der Waals surface area contributed by atoms with Crippen LogP contribution in [0.3, 0.4) is 0 Å². The first-order valence-electron chi connectivity index (χ1n) is 11.3. The minimum atomic E-state index is -0.277.